The Morgan fingerprint density at radius 2 is 2.22 bits per heavy atom. The van der Waals surface area contributed by atoms with Crippen molar-refractivity contribution in [3.8, 4) is 0 Å². The van der Waals surface area contributed by atoms with Crippen LogP contribution in [0.2, 0.25) is 0 Å². The van der Waals surface area contributed by atoms with E-state index in [2.05, 4.69) is 27.1 Å². The maximum absolute atomic E-state index is 11.1. The lowest BCUT2D eigenvalue weighted by Gasteiger charge is -2.29. The molecule has 5 nitrogen and oxygen atoms in total. The predicted molar refractivity (Wildman–Crippen MR) is 71.5 cm³/mol. The molecule has 1 aliphatic heterocycles. The second kappa shape index (κ2) is 6.66. The van der Waals surface area contributed by atoms with Crippen LogP contribution in [0.5, 0.6) is 0 Å². The van der Waals surface area contributed by atoms with Crippen molar-refractivity contribution in [1.82, 2.24) is 20.2 Å². The molecule has 0 aromatic carbocycles. The molecule has 1 fully saturated rings. The lowest BCUT2D eigenvalue weighted by Crippen LogP contribution is -2.41. The topological polar surface area (TPSA) is 61.0 Å². The van der Waals surface area contributed by atoms with E-state index in [-0.39, 0.29) is 5.56 Å². The predicted octanol–water partition coefficient (Wildman–Crippen LogP) is 0.734. The first-order valence-corrected chi connectivity index (χ1v) is 6.73. The van der Waals surface area contributed by atoms with E-state index >= 15 is 0 Å². The first-order chi connectivity index (χ1) is 8.74. The summed E-state index contributed by atoms with van der Waals surface area (Å²) >= 11 is 0. The molecule has 1 aliphatic rings. The van der Waals surface area contributed by atoms with Gasteiger partial charge in [-0.2, -0.15) is 0 Å². The van der Waals surface area contributed by atoms with Crippen molar-refractivity contribution in [2.45, 2.75) is 38.8 Å². The average Bonchev–Trinajstić information content (AvgIpc) is 2.38. The molecule has 0 aliphatic carbocycles. The Bertz CT molecular complexity index is 411. The molecule has 1 aromatic rings. The summed E-state index contributed by atoms with van der Waals surface area (Å²) in [5.74, 6) is 0. The smallest absolute Gasteiger partial charge is 0.250 e. The van der Waals surface area contributed by atoms with Crippen molar-refractivity contribution < 1.29 is 0 Å². The van der Waals surface area contributed by atoms with Gasteiger partial charge < -0.3 is 15.2 Å². The molecule has 18 heavy (non-hydrogen) atoms. The molecule has 0 spiro atoms. The summed E-state index contributed by atoms with van der Waals surface area (Å²) in [4.78, 5) is 20.3. The van der Waals surface area contributed by atoms with Crippen LogP contribution in [-0.4, -0.2) is 40.5 Å². The number of nitrogens with zero attached hydrogens (tertiary/aromatic N) is 2. The number of hydrogen-bond donors (Lipinski definition) is 2. The zero-order valence-electron chi connectivity index (χ0n) is 11.0. The van der Waals surface area contributed by atoms with Crippen molar-refractivity contribution in [3.05, 3.63) is 28.4 Å². The highest BCUT2D eigenvalue weighted by molar-refractivity contribution is 4.97. The Morgan fingerprint density at radius 3 is 2.94 bits per heavy atom. The Morgan fingerprint density at radius 1 is 1.44 bits per heavy atom. The molecule has 2 N–H and O–H groups in total. The van der Waals surface area contributed by atoms with Gasteiger partial charge in [0.15, 0.2) is 0 Å². The first-order valence-electron chi connectivity index (χ1n) is 6.73. The van der Waals surface area contributed by atoms with Gasteiger partial charge in [-0.05, 0) is 32.9 Å². The van der Waals surface area contributed by atoms with Crippen LogP contribution in [0.3, 0.4) is 0 Å². The van der Waals surface area contributed by atoms with Gasteiger partial charge in [0, 0.05) is 25.2 Å². The van der Waals surface area contributed by atoms with E-state index in [9.17, 15) is 4.79 Å². The van der Waals surface area contributed by atoms with Gasteiger partial charge in [0.1, 0.15) is 0 Å². The third-order valence-corrected chi connectivity index (χ3v) is 3.35. The van der Waals surface area contributed by atoms with Crippen molar-refractivity contribution in [1.29, 1.82) is 0 Å². The number of likely N-dealkylation sites (tertiary alicyclic amines) is 1. The van der Waals surface area contributed by atoms with Gasteiger partial charge in [-0.1, -0.05) is 6.42 Å². The van der Waals surface area contributed by atoms with Crippen LogP contribution in [0.15, 0.2) is 17.2 Å². The molecule has 1 aromatic heterocycles. The minimum atomic E-state index is -0.0921. The van der Waals surface area contributed by atoms with Gasteiger partial charge in [-0.25, -0.2) is 4.98 Å². The van der Waals surface area contributed by atoms with E-state index < -0.39 is 0 Å². The van der Waals surface area contributed by atoms with E-state index in [1.54, 1.807) is 6.07 Å². The third-order valence-electron chi connectivity index (χ3n) is 3.35. The van der Waals surface area contributed by atoms with Gasteiger partial charge in [0.2, 0.25) is 0 Å². The summed E-state index contributed by atoms with van der Waals surface area (Å²) in [5.41, 5.74) is 0.703. The fraction of sp³-hybridized carbons (Fsp3) is 0.692. The molecule has 100 valence electrons. The minimum Gasteiger partial charge on any atom is -0.313 e. The van der Waals surface area contributed by atoms with Crippen LogP contribution in [-0.2, 0) is 6.54 Å². The summed E-state index contributed by atoms with van der Waals surface area (Å²) in [6.45, 7) is 6.34. The molecule has 5 heteroatoms. The van der Waals surface area contributed by atoms with Gasteiger partial charge in [-0.3, -0.25) is 4.79 Å². The Hall–Kier alpha value is -1.20. The molecular weight excluding hydrogens is 228 g/mol. The maximum Gasteiger partial charge on any atom is 0.250 e. The van der Waals surface area contributed by atoms with E-state index in [0.717, 1.165) is 12.2 Å². The van der Waals surface area contributed by atoms with Crippen LogP contribution in [0, 0.1) is 0 Å². The fourth-order valence-corrected chi connectivity index (χ4v) is 2.38. The van der Waals surface area contributed by atoms with E-state index in [0.29, 0.717) is 12.6 Å². The number of H-pyrrole nitrogens is 1. The number of hydrogen-bond acceptors (Lipinski definition) is 4. The second-order valence-electron chi connectivity index (χ2n) is 5.05. The summed E-state index contributed by atoms with van der Waals surface area (Å²) in [6, 6.07) is 1.96. The highest BCUT2D eigenvalue weighted by Gasteiger charge is 2.12. The molecule has 1 saturated heterocycles. The maximum atomic E-state index is 11.1. The highest BCUT2D eigenvalue weighted by Crippen LogP contribution is 2.08. The molecule has 1 unspecified atom stereocenters. The average molecular weight is 250 g/mol. The van der Waals surface area contributed by atoms with Gasteiger partial charge in [0.25, 0.3) is 5.56 Å². The molecule has 0 bridgehead atoms. The van der Waals surface area contributed by atoms with Crippen LogP contribution in [0.25, 0.3) is 0 Å². The van der Waals surface area contributed by atoms with Crippen LogP contribution < -0.4 is 10.9 Å². The van der Waals surface area contributed by atoms with Gasteiger partial charge in [0.05, 0.1) is 12.0 Å². The Kier molecular flexibility index (Phi) is 4.90. The van der Waals surface area contributed by atoms with Gasteiger partial charge in [-0.15, -0.1) is 0 Å². The molecule has 1 atom stereocenters. The molecule has 0 radical (unpaired) electrons. The van der Waals surface area contributed by atoms with E-state index in [4.69, 9.17) is 0 Å². The van der Waals surface area contributed by atoms with E-state index in [1.165, 1.54) is 38.7 Å². The molecular formula is C13H22N4O. The summed E-state index contributed by atoms with van der Waals surface area (Å²) in [7, 11) is 0. The third kappa shape index (κ3) is 4.23. The van der Waals surface area contributed by atoms with Crippen molar-refractivity contribution >= 4 is 0 Å². The quantitative estimate of drug-likeness (QED) is 0.809. The minimum absolute atomic E-state index is 0.0921. The molecule has 0 saturated carbocycles. The van der Waals surface area contributed by atoms with Crippen molar-refractivity contribution in [3.63, 3.8) is 0 Å². The summed E-state index contributed by atoms with van der Waals surface area (Å²) in [6.07, 6.45) is 5.47. The fourth-order valence-electron chi connectivity index (χ4n) is 2.38. The first kappa shape index (κ1) is 13.2. The summed E-state index contributed by atoms with van der Waals surface area (Å²) < 4.78 is 0. The standard InChI is InChI=1S/C13H22N4O/c1-11(9-17-5-3-2-4-6-17)14-8-12-7-13(18)16-10-15-12/h7,10-11,14H,2-6,8-9H2,1H3,(H,15,16,18). The summed E-state index contributed by atoms with van der Waals surface area (Å²) in [5, 5.41) is 3.42. The highest BCUT2D eigenvalue weighted by atomic mass is 16.1. The van der Waals surface area contributed by atoms with E-state index in [1.807, 2.05) is 0 Å². The van der Waals surface area contributed by atoms with Crippen molar-refractivity contribution in [2.75, 3.05) is 19.6 Å². The number of nitrogens with one attached hydrogen (secondary N) is 2. The van der Waals surface area contributed by atoms with Crippen molar-refractivity contribution in [2.24, 2.45) is 0 Å². The molecule has 0 amide bonds. The van der Waals surface area contributed by atoms with Crippen LogP contribution in [0.4, 0.5) is 0 Å². The second-order valence-corrected chi connectivity index (χ2v) is 5.05. The largest absolute Gasteiger partial charge is 0.313 e. The monoisotopic (exact) mass is 250 g/mol. The lowest BCUT2D eigenvalue weighted by molar-refractivity contribution is 0.208. The normalized spacial score (nSPS) is 18.7. The number of aromatic amines is 1. The number of piperidine rings is 1. The molecule has 2 heterocycles. The van der Waals surface area contributed by atoms with Crippen LogP contribution in [0.1, 0.15) is 31.9 Å². The SMILES string of the molecule is CC(CN1CCCCC1)NCc1cc(=O)[nH]cn1. The Labute approximate surface area is 108 Å². The number of aromatic nitrogens is 2. The van der Waals surface area contributed by atoms with Gasteiger partial charge >= 0.3 is 0 Å². The zero-order valence-corrected chi connectivity index (χ0v) is 11.0. The lowest BCUT2D eigenvalue weighted by atomic mass is 10.1. The van der Waals surface area contributed by atoms with Crippen LogP contribution >= 0.6 is 0 Å². The zero-order chi connectivity index (χ0) is 12.8. The Balaban J connectivity index is 1.74. The molecule has 2 rings (SSSR count). The number of rotatable bonds is 5.